The molecule has 3 rings (SSSR count). The molecule has 0 atom stereocenters. The number of likely N-dealkylation sites (tertiary alicyclic amines) is 1. The van der Waals surface area contributed by atoms with Crippen LogP contribution in [0, 0.1) is 5.92 Å². The molecule has 0 bridgehead atoms. The Morgan fingerprint density at radius 2 is 1.82 bits per heavy atom. The molecule has 2 heterocycles. The molecule has 1 aliphatic carbocycles. The molecule has 6 nitrogen and oxygen atoms in total. The van der Waals surface area contributed by atoms with E-state index in [9.17, 15) is 4.79 Å². The number of hydrogen-bond donors (Lipinski definition) is 1. The standard InChI is InChI=1S/C21H38N4O2S/c1-3-22-20(24-11-7-18(8-12-24)19(26)27-2)23-17-21(9-5-4-6-10-21)25-13-15-28-16-14-25/h18H,3-17H2,1-2H3,(H,22,23). The second kappa shape index (κ2) is 10.7. The van der Waals surface area contributed by atoms with Crippen molar-refractivity contribution in [3.8, 4) is 0 Å². The van der Waals surface area contributed by atoms with Gasteiger partial charge in [-0.25, -0.2) is 0 Å². The molecule has 160 valence electrons. The predicted octanol–water partition coefficient (Wildman–Crippen LogP) is 2.59. The molecular weight excluding hydrogens is 372 g/mol. The largest absolute Gasteiger partial charge is 0.469 e. The van der Waals surface area contributed by atoms with Gasteiger partial charge in [-0.15, -0.1) is 0 Å². The van der Waals surface area contributed by atoms with E-state index in [-0.39, 0.29) is 17.4 Å². The van der Waals surface area contributed by atoms with Crippen LogP contribution in [0.3, 0.4) is 0 Å². The van der Waals surface area contributed by atoms with Gasteiger partial charge in [0, 0.05) is 49.8 Å². The summed E-state index contributed by atoms with van der Waals surface area (Å²) in [5.41, 5.74) is 0.254. The van der Waals surface area contributed by atoms with Gasteiger partial charge in [0.05, 0.1) is 19.6 Å². The van der Waals surface area contributed by atoms with Crippen molar-refractivity contribution in [1.29, 1.82) is 0 Å². The first-order valence-electron chi connectivity index (χ1n) is 11.1. The van der Waals surface area contributed by atoms with Crippen molar-refractivity contribution in [2.45, 2.75) is 57.4 Å². The van der Waals surface area contributed by atoms with Crippen LogP contribution in [0.15, 0.2) is 4.99 Å². The third-order valence-corrected chi connectivity index (χ3v) is 7.60. The summed E-state index contributed by atoms with van der Waals surface area (Å²) in [4.78, 5) is 22.1. The smallest absolute Gasteiger partial charge is 0.308 e. The molecule has 2 saturated heterocycles. The summed E-state index contributed by atoms with van der Waals surface area (Å²) in [7, 11) is 1.49. The highest BCUT2D eigenvalue weighted by Crippen LogP contribution is 2.35. The molecule has 0 spiro atoms. The highest BCUT2D eigenvalue weighted by Gasteiger charge is 2.38. The molecule has 28 heavy (non-hydrogen) atoms. The quantitative estimate of drug-likeness (QED) is 0.427. The Hall–Kier alpha value is -0.950. The van der Waals surface area contributed by atoms with Gasteiger partial charge in [-0.05, 0) is 32.6 Å². The van der Waals surface area contributed by atoms with Crippen LogP contribution in [0.4, 0.5) is 0 Å². The van der Waals surface area contributed by atoms with Crippen molar-refractivity contribution in [2.24, 2.45) is 10.9 Å². The molecule has 1 N–H and O–H groups in total. The van der Waals surface area contributed by atoms with Gasteiger partial charge in [-0.2, -0.15) is 11.8 Å². The summed E-state index contributed by atoms with van der Waals surface area (Å²) in [6, 6.07) is 0. The topological polar surface area (TPSA) is 57.2 Å². The van der Waals surface area contributed by atoms with Crippen LogP contribution < -0.4 is 5.32 Å². The van der Waals surface area contributed by atoms with Crippen molar-refractivity contribution in [2.75, 3.05) is 57.9 Å². The van der Waals surface area contributed by atoms with Crippen LogP contribution in [0.2, 0.25) is 0 Å². The van der Waals surface area contributed by atoms with Gasteiger partial charge in [0.1, 0.15) is 0 Å². The van der Waals surface area contributed by atoms with Crippen LogP contribution in [0.25, 0.3) is 0 Å². The summed E-state index contributed by atoms with van der Waals surface area (Å²) in [5, 5.41) is 3.51. The van der Waals surface area contributed by atoms with Crippen LogP contribution in [-0.2, 0) is 9.53 Å². The van der Waals surface area contributed by atoms with Gasteiger partial charge in [-0.3, -0.25) is 14.7 Å². The van der Waals surface area contributed by atoms with Crippen molar-refractivity contribution in [3.63, 3.8) is 0 Å². The summed E-state index contributed by atoms with van der Waals surface area (Å²) >= 11 is 2.09. The molecule has 0 unspecified atom stereocenters. The van der Waals surface area contributed by atoms with Gasteiger partial charge in [-0.1, -0.05) is 19.3 Å². The number of nitrogens with one attached hydrogen (secondary N) is 1. The number of rotatable bonds is 5. The molecule has 0 amide bonds. The van der Waals surface area contributed by atoms with E-state index in [0.29, 0.717) is 0 Å². The Balaban J connectivity index is 1.67. The summed E-state index contributed by atoms with van der Waals surface area (Å²) < 4.78 is 4.93. The van der Waals surface area contributed by atoms with E-state index in [1.165, 1.54) is 63.8 Å². The highest BCUT2D eigenvalue weighted by atomic mass is 32.2. The zero-order valence-corrected chi connectivity index (χ0v) is 18.6. The number of methoxy groups -OCH3 is 1. The minimum atomic E-state index is -0.0642. The number of guanidine groups is 1. The Bertz CT molecular complexity index is 522. The SMILES string of the molecule is CCNC(=NCC1(N2CCSCC2)CCCCC1)N1CCC(C(=O)OC)CC1. The monoisotopic (exact) mass is 410 g/mol. The first kappa shape index (κ1) is 21.8. The van der Waals surface area contributed by atoms with E-state index in [2.05, 4.69) is 33.8 Å². The number of aliphatic imine (C=N–C) groups is 1. The second-order valence-corrected chi connectivity index (χ2v) is 9.56. The third-order valence-electron chi connectivity index (χ3n) is 6.65. The molecule has 7 heteroatoms. The Labute approximate surface area is 174 Å². The van der Waals surface area contributed by atoms with Crippen LogP contribution in [0.5, 0.6) is 0 Å². The maximum Gasteiger partial charge on any atom is 0.308 e. The van der Waals surface area contributed by atoms with Crippen LogP contribution >= 0.6 is 11.8 Å². The number of carbonyl (C=O) groups excluding carboxylic acids is 1. The van der Waals surface area contributed by atoms with Crippen LogP contribution in [-0.4, -0.2) is 85.2 Å². The van der Waals surface area contributed by atoms with Crippen molar-refractivity contribution in [3.05, 3.63) is 0 Å². The third kappa shape index (κ3) is 5.35. The average molecular weight is 411 g/mol. The highest BCUT2D eigenvalue weighted by molar-refractivity contribution is 7.99. The molecule has 3 aliphatic rings. The summed E-state index contributed by atoms with van der Waals surface area (Å²) in [5.74, 6) is 3.52. The van der Waals surface area contributed by atoms with Gasteiger partial charge in [0.25, 0.3) is 0 Å². The first-order chi connectivity index (χ1) is 13.7. The minimum absolute atomic E-state index is 0.0414. The lowest BCUT2D eigenvalue weighted by atomic mass is 9.80. The summed E-state index contributed by atoms with van der Waals surface area (Å²) in [6.07, 6.45) is 8.31. The van der Waals surface area contributed by atoms with Gasteiger partial charge in [0.15, 0.2) is 5.96 Å². The van der Waals surface area contributed by atoms with E-state index in [4.69, 9.17) is 9.73 Å². The summed E-state index contributed by atoms with van der Waals surface area (Å²) in [6.45, 7) is 8.08. The molecule has 0 aromatic heterocycles. The van der Waals surface area contributed by atoms with Crippen LogP contribution in [0.1, 0.15) is 51.9 Å². The number of piperidine rings is 1. The maximum atomic E-state index is 11.8. The molecule has 0 radical (unpaired) electrons. The molecule has 0 aromatic carbocycles. The lowest BCUT2D eigenvalue weighted by molar-refractivity contribution is -0.146. The molecule has 0 aromatic rings. The predicted molar refractivity (Wildman–Crippen MR) is 117 cm³/mol. The lowest BCUT2D eigenvalue weighted by Gasteiger charge is -2.47. The normalized spacial score (nSPS) is 24.8. The average Bonchev–Trinajstić information content (AvgIpc) is 2.77. The zero-order valence-electron chi connectivity index (χ0n) is 17.8. The van der Waals surface area contributed by atoms with Gasteiger partial charge < -0.3 is 15.0 Å². The zero-order chi connectivity index (χ0) is 19.8. The number of carbonyl (C=O) groups is 1. The molecular formula is C21H38N4O2S. The number of thioether (sulfide) groups is 1. The van der Waals surface area contributed by atoms with Crippen molar-refractivity contribution in [1.82, 2.24) is 15.1 Å². The van der Waals surface area contributed by atoms with Gasteiger partial charge >= 0.3 is 5.97 Å². The fraction of sp³-hybridized carbons (Fsp3) is 0.905. The van der Waals surface area contributed by atoms with Crippen molar-refractivity contribution >= 4 is 23.7 Å². The lowest BCUT2D eigenvalue weighted by Crippen LogP contribution is -2.56. The van der Waals surface area contributed by atoms with E-state index in [1.54, 1.807) is 0 Å². The van der Waals surface area contributed by atoms with E-state index < -0.39 is 0 Å². The fourth-order valence-corrected chi connectivity index (χ4v) is 5.87. The van der Waals surface area contributed by atoms with E-state index >= 15 is 0 Å². The first-order valence-corrected chi connectivity index (χ1v) is 12.3. The number of hydrogen-bond acceptors (Lipinski definition) is 5. The number of ether oxygens (including phenoxy) is 1. The van der Waals surface area contributed by atoms with Crippen molar-refractivity contribution < 1.29 is 9.53 Å². The Kier molecular flexibility index (Phi) is 8.33. The molecule has 3 fully saturated rings. The maximum absolute atomic E-state index is 11.8. The van der Waals surface area contributed by atoms with E-state index in [0.717, 1.165) is 45.0 Å². The number of esters is 1. The Morgan fingerprint density at radius 3 is 2.43 bits per heavy atom. The van der Waals surface area contributed by atoms with E-state index in [1.807, 2.05) is 0 Å². The fourth-order valence-electron chi connectivity index (χ4n) is 4.96. The number of nitrogens with zero attached hydrogens (tertiary/aromatic N) is 3. The van der Waals surface area contributed by atoms with Gasteiger partial charge in [0.2, 0.25) is 0 Å². The molecule has 1 saturated carbocycles. The minimum Gasteiger partial charge on any atom is -0.469 e. The second-order valence-electron chi connectivity index (χ2n) is 8.34. The molecule has 2 aliphatic heterocycles. The Morgan fingerprint density at radius 1 is 1.14 bits per heavy atom.